The van der Waals surface area contributed by atoms with E-state index in [-0.39, 0.29) is 12.0 Å². The number of urea groups is 1. The maximum absolute atomic E-state index is 12.0. The van der Waals surface area contributed by atoms with Crippen molar-refractivity contribution in [2.45, 2.75) is 19.1 Å². The highest BCUT2D eigenvalue weighted by Crippen LogP contribution is 2.25. The van der Waals surface area contributed by atoms with Crippen LogP contribution in [-0.2, 0) is 9.53 Å². The van der Waals surface area contributed by atoms with Crippen LogP contribution >= 0.6 is 15.9 Å². The van der Waals surface area contributed by atoms with Gasteiger partial charge in [-0.15, -0.1) is 0 Å². The Labute approximate surface area is 138 Å². The van der Waals surface area contributed by atoms with Crippen molar-refractivity contribution < 1.29 is 14.3 Å². The van der Waals surface area contributed by atoms with Crippen molar-refractivity contribution in [2.75, 3.05) is 26.7 Å². The largest absolute Gasteiger partial charge is 0.371 e. The van der Waals surface area contributed by atoms with Gasteiger partial charge in [0.25, 0.3) is 0 Å². The number of halogens is 1. The Kier molecular flexibility index (Phi) is 5.93. The van der Waals surface area contributed by atoms with Gasteiger partial charge in [-0.25, -0.2) is 4.79 Å². The van der Waals surface area contributed by atoms with Crippen molar-refractivity contribution in [1.82, 2.24) is 15.5 Å². The summed E-state index contributed by atoms with van der Waals surface area (Å²) >= 11 is 3.45. The molecule has 1 heterocycles. The number of carbonyl (C=O) groups is 2. The van der Waals surface area contributed by atoms with E-state index in [2.05, 4.69) is 26.6 Å². The minimum absolute atomic E-state index is 0.0819. The lowest BCUT2D eigenvalue weighted by molar-refractivity contribution is -0.128. The number of hydrogen-bond acceptors (Lipinski definition) is 4. The van der Waals surface area contributed by atoms with Crippen molar-refractivity contribution in [1.29, 1.82) is 0 Å². The molecule has 0 saturated carbocycles. The van der Waals surface area contributed by atoms with Crippen LogP contribution in [0.2, 0.25) is 0 Å². The molecule has 120 valence electrons. The van der Waals surface area contributed by atoms with Crippen LogP contribution in [0.1, 0.15) is 18.6 Å². The molecule has 2 atom stereocenters. The first kappa shape index (κ1) is 16.9. The fraction of sp³-hybridized carbons (Fsp3) is 0.467. The average Bonchev–Trinajstić information content (AvgIpc) is 2.54. The predicted molar refractivity (Wildman–Crippen MR) is 86.5 cm³/mol. The molecule has 0 bridgehead atoms. The molecule has 2 unspecified atom stereocenters. The van der Waals surface area contributed by atoms with Crippen LogP contribution in [0.15, 0.2) is 28.7 Å². The van der Waals surface area contributed by atoms with Gasteiger partial charge in [-0.1, -0.05) is 28.1 Å². The summed E-state index contributed by atoms with van der Waals surface area (Å²) in [5.41, 5.74) is 1.07. The van der Waals surface area contributed by atoms with Crippen LogP contribution < -0.4 is 10.6 Å². The van der Waals surface area contributed by atoms with Gasteiger partial charge in [-0.2, -0.15) is 0 Å². The lowest BCUT2D eigenvalue weighted by Crippen LogP contribution is -2.52. The van der Waals surface area contributed by atoms with Crippen LogP contribution in [0.5, 0.6) is 0 Å². The monoisotopic (exact) mass is 369 g/mol. The van der Waals surface area contributed by atoms with Crippen LogP contribution in [0, 0.1) is 0 Å². The summed E-state index contributed by atoms with van der Waals surface area (Å²) in [7, 11) is 1.48. The Bertz CT molecular complexity index is 553. The Morgan fingerprint density at radius 2 is 2.23 bits per heavy atom. The summed E-state index contributed by atoms with van der Waals surface area (Å²) in [6.45, 7) is 3.61. The number of nitrogens with zero attached hydrogens (tertiary/aromatic N) is 1. The molecule has 1 saturated heterocycles. The van der Waals surface area contributed by atoms with E-state index < -0.39 is 12.1 Å². The zero-order chi connectivity index (χ0) is 16.1. The van der Waals surface area contributed by atoms with Crippen molar-refractivity contribution in [2.24, 2.45) is 0 Å². The third-order valence-corrected chi connectivity index (χ3v) is 4.20. The Morgan fingerprint density at radius 3 is 2.91 bits per heavy atom. The van der Waals surface area contributed by atoms with Gasteiger partial charge in [0.15, 0.2) is 0 Å². The predicted octanol–water partition coefficient (Wildman–Crippen LogP) is 1.67. The molecule has 0 radical (unpaired) electrons. The topological polar surface area (TPSA) is 70.7 Å². The van der Waals surface area contributed by atoms with Gasteiger partial charge in [0, 0.05) is 24.6 Å². The van der Waals surface area contributed by atoms with Crippen molar-refractivity contribution >= 4 is 27.9 Å². The molecule has 1 aromatic rings. The fourth-order valence-corrected chi connectivity index (χ4v) is 2.79. The van der Waals surface area contributed by atoms with Gasteiger partial charge in [0.1, 0.15) is 0 Å². The standard InChI is InChI=1S/C15H20BrN3O3/c1-10(14(20)18-15(21)17-2)19-6-7-22-13(9-19)11-4-3-5-12(16)8-11/h3-5,8,10,13H,6-7,9H2,1-2H3,(H2,17,18,20,21). The van der Waals surface area contributed by atoms with E-state index in [9.17, 15) is 9.59 Å². The first-order chi connectivity index (χ1) is 10.5. The molecule has 7 heteroatoms. The smallest absolute Gasteiger partial charge is 0.321 e. The molecule has 3 amide bonds. The minimum Gasteiger partial charge on any atom is -0.371 e. The summed E-state index contributed by atoms with van der Waals surface area (Å²) < 4.78 is 6.80. The number of nitrogens with one attached hydrogen (secondary N) is 2. The highest BCUT2D eigenvalue weighted by atomic mass is 79.9. The Balaban J connectivity index is 2.00. The maximum Gasteiger partial charge on any atom is 0.321 e. The molecule has 2 N–H and O–H groups in total. The SMILES string of the molecule is CNC(=O)NC(=O)C(C)N1CCOC(c2cccc(Br)c2)C1. The first-order valence-electron chi connectivity index (χ1n) is 7.15. The molecule has 1 aliphatic heterocycles. The van der Waals surface area contributed by atoms with Crippen molar-refractivity contribution in [3.05, 3.63) is 34.3 Å². The first-order valence-corrected chi connectivity index (χ1v) is 7.94. The highest BCUT2D eigenvalue weighted by Gasteiger charge is 2.29. The van der Waals surface area contributed by atoms with E-state index in [0.29, 0.717) is 19.7 Å². The third-order valence-electron chi connectivity index (χ3n) is 3.71. The Hall–Kier alpha value is -1.44. The number of carbonyl (C=O) groups excluding carboxylic acids is 2. The zero-order valence-corrected chi connectivity index (χ0v) is 14.2. The second-order valence-corrected chi connectivity index (χ2v) is 6.07. The minimum atomic E-state index is -0.492. The van der Waals surface area contributed by atoms with Crippen molar-refractivity contribution in [3.63, 3.8) is 0 Å². The number of ether oxygens (including phenoxy) is 1. The van der Waals surface area contributed by atoms with Crippen LogP contribution in [0.4, 0.5) is 4.79 Å². The number of imide groups is 1. The molecule has 2 rings (SSSR count). The van der Waals surface area contributed by atoms with Crippen LogP contribution in [-0.4, -0.2) is 49.6 Å². The number of rotatable bonds is 3. The maximum atomic E-state index is 12.0. The quantitative estimate of drug-likeness (QED) is 0.849. The number of benzene rings is 1. The van der Waals surface area contributed by atoms with E-state index in [1.807, 2.05) is 29.2 Å². The number of morpholine rings is 1. The molecule has 1 aliphatic rings. The molecule has 0 spiro atoms. The number of hydrogen-bond donors (Lipinski definition) is 2. The van der Waals surface area contributed by atoms with E-state index in [0.717, 1.165) is 10.0 Å². The van der Waals surface area contributed by atoms with E-state index >= 15 is 0 Å². The summed E-state index contributed by atoms with van der Waals surface area (Å²) in [6.07, 6.45) is -0.0819. The van der Waals surface area contributed by atoms with Crippen LogP contribution in [0.3, 0.4) is 0 Å². The molecule has 0 aromatic heterocycles. The molecule has 0 aliphatic carbocycles. The van der Waals surface area contributed by atoms with Gasteiger partial charge >= 0.3 is 6.03 Å². The Morgan fingerprint density at radius 1 is 1.45 bits per heavy atom. The molecular weight excluding hydrogens is 350 g/mol. The van der Waals surface area contributed by atoms with Crippen LogP contribution in [0.25, 0.3) is 0 Å². The third kappa shape index (κ3) is 4.28. The van der Waals surface area contributed by atoms with Gasteiger partial charge < -0.3 is 10.1 Å². The molecule has 1 fully saturated rings. The second kappa shape index (κ2) is 7.71. The molecule has 22 heavy (non-hydrogen) atoms. The highest BCUT2D eigenvalue weighted by molar-refractivity contribution is 9.10. The van der Waals surface area contributed by atoms with Gasteiger partial charge in [-0.05, 0) is 24.6 Å². The summed E-state index contributed by atoms with van der Waals surface area (Å²) in [5.74, 6) is -0.311. The zero-order valence-electron chi connectivity index (χ0n) is 12.6. The summed E-state index contributed by atoms with van der Waals surface area (Å²) in [6, 6.07) is 7.06. The van der Waals surface area contributed by atoms with Gasteiger partial charge in [0.05, 0.1) is 18.8 Å². The second-order valence-electron chi connectivity index (χ2n) is 5.15. The lowest BCUT2D eigenvalue weighted by atomic mass is 10.1. The fourth-order valence-electron chi connectivity index (χ4n) is 2.37. The summed E-state index contributed by atoms with van der Waals surface area (Å²) in [5, 5.41) is 4.69. The van der Waals surface area contributed by atoms with E-state index in [4.69, 9.17) is 4.74 Å². The van der Waals surface area contributed by atoms with E-state index in [1.54, 1.807) is 6.92 Å². The van der Waals surface area contributed by atoms with Crippen molar-refractivity contribution in [3.8, 4) is 0 Å². The molecular formula is C15H20BrN3O3. The van der Waals surface area contributed by atoms with Gasteiger partial charge in [-0.3, -0.25) is 15.0 Å². The average molecular weight is 370 g/mol. The van der Waals surface area contributed by atoms with Gasteiger partial charge in [0.2, 0.25) is 5.91 Å². The molecule has 6 nitrogen and oxygen atoms in total. The molecule has 1 aromatic carbocycles. The number of amides is 3. The van der Waals surface area contributed by atoms with E-state index in [1.165, 1.54) is 7.05 Å². The summed E-state index contributed by atoms with van der Waals surface area (Å²) in [4.78, 5) is 25.3. The lowest BCUT2D eigenvalue weighted by Gasteiger charge is -2.36. The normalized spacial score (nSPS) is 20.2.